The predicted octanol–water partition coefficient (Wildman–Crippen LogP) is 1.06. The quantitative estimate of drug-likeness (QED) is 0.510. The van der Waals surface area contributed by atoms with Crippen LogP contribution in [0.25, 0.3) is 0 Å². The minimum absolute atomic E-state index is 1.10. The summed E-state index contributed by atoms with van der Waals surface area (Å²) in [6.07, 6.45) is 5.58. The molecule has 9 heavy (non-hydrogen) atoms. The summed E-state index contributed by atoms with van der Waals surface area (Å²) in [7, 11) is 0. The van der Waals surface area contributed by atoms with Crippen molar-refractivity contribution in [2.75, 3.05) is 6.54 Å². The SMILES string of the molecule is C1=NC2=C(CC1)CCN2. The first-order chi connectivity index (χ1) is 4.47. The summed E-state index contributed by atoms with van der Waals surface area (Å²) in [5.41, 5.74) is 1.53. The van der Waals surface area contributed by atoms with Gasteiger partial charge in [-0.2, -0.15) is 0 Å². The molecule has 48 valence electrons. The van der Waals surface area contributed by atoms with E-state index in [2.05, 4.69) is 10.3 Å². The van der Waals surface area contributed by atoms with Gasteiger partial charge in [0.1, 0.15) is 5.82 Å². The van der Waals surface area contributed by atoms with E-state index in [1.54, 1.807) is 0 Å². The van der Waals surface area contributed by atoms with E-state index in [1.165, 1.54) is 18.4 Å². The Morgan fingerprint density at radius 2 is 2.44 bits per heavy atom. The third-order valence-electron chi connectivity index (χ3n) is 1.85. The molecule has 2 heterocycles. The molecule has 2 heteroatoms. The third kappa shape index (κ3) is 0.745. The maximum Gasteiger partial charge on any atom is 0.124 e. The second-order valence-electron chi connectivity index (χ2n) is 2.48. The molecule has 2 aliphatic rings. The van der Waals surface area contributed by atoms with E-state index in [9.17, 15) is 0 Å². The number of hydrogen-bond donors (Lipinski definition) is 1. The molecule has 0 atom stereocenters. The zero-order valence-electron chi connectivity index (χ0n) is 5.35. The maximum atomic E-state index is 4.23. The van der Waals surface area contributed by atoms with Crippen LogP contribution in [-0.4, -0.2) is 12.8 Å². The molecule has 0 aliphatic carbocycles. The summed E-state index contributed by atoms with van der Waals surface area (Å²) < 4.78 is 0. The van der Waals surface area contributed by atoms with Crippen molar-refractivity contribution >= 4 is 6.21 Å². The minimum Gasteiger partial charge on any atom is -0.370 e. The highest BCUT2D eigenvalue weighted by Crippen LogP contribution is 2.21. The lowest BCUT2D eigenvalue weighted by Gasteiger charge is -2.04. The Kier molecular flexibility index (Phi) is 1.04. The monoisotopic (exact) mass is 122 g/mol. The van der Waals surface area contributed by atoms with E-state index in [1.807, 2.05) is 6.21 Å². The fraction of sp³-hybridized carbons (Fsp3) is 0.571. The van der Waals surface area contributed by atoms with Crippen LogP contribution in [0.4, 0.5) is 0 Å². The van der Waals surface area contributed by atoms with Crippen LogP contribution in [0.15, 0.2) is 16.4 Å². The Morgan fingerprint density at radius 1 is 1.44 bits per heavy atom. The molecular weight excluding hydrogens is 112 g/mol. The molecule has 2 rings (SSSR count). The Hall–Kier alpha value is -0.790. The molecule has 1 N–H and O–H groups in total. The number of rotatable bonds is 0. The number of nitrogens with zero attached hydrogens (tertiary/aromatic N) is 1. The summed E-state index contributed by atoms with van der Waals surface area (Å²) in [5.74, 6) is 1.15. The molecule has 0 unspecified atom stereocenters. The first-order valence-electron chi connectivity index (χ1n) is 3.45. The van der Waals surface area contributed by atoms with Crippen molar-refractivity contribution in [3.05, 3.63) is 11.4 Å². The molecule has 0 bridgehead atoms. The smallest absolute Gasteiger partial charge is 0.124 e. The average Bonchev–Trinajstić information content (AvgIpc) is 2.33. The van der Waals surface area contributed by atoms with Crippen LogP contribution in [0, 0.1) is 0 Å². The summed E-state index contributed by atoms with van der Waals surface area (Å²) in [6, 6.07) is 0. The van der Waals surface area contributed by atoms with Gasteiger partial charge in [-0.3, -0.25) is 0 Å². The largest absolute Gasteiger partial charge is 0.370 e. The van der Waals surface area contributed by atoms with Gasteiger partial charge in [-0.05, 0) is 24.8 Å². The van der Waals surface area contributed by atoms with Crippen LogP contribution in [0.3, 0.4) is 0 Å². The van der Waals surface area contributed by atoms with E-state index in [0.29, 0.717) is 0 Å². The first kappa shape index (κ1) is 5.03. The van der Waals surface area contributed by atoms with Gasteiger partial charge < -0.3 is 5.32 Å². The van der Waals surface area contributed by atoms with Crippen molar-refractivity contribution < 1.29 is 0 Å². The van der Waals surface area contributed by atoms with Crippen molar-refractivity contribution in [2.45, 2.75) is 19.3 Å². The highest BCUT2D eigenvalue weighted by atomic mass is 15.1. The van der Waals surface area contributed by atoms with E-state index >= 15 is 0 Å². The van der Waals surface area contributed by atoms with Gasteiger partial charge in [-0.25, -0.2) is 4.99 Å². The van der Waals surface area contributed by atoms with Crippen LogP contribution >= 0.6 is 0 Å². The summed E-state index contributed by atoms with van der Waals surface area (Å²) in [5, 5.41) is 3.24. The molecule has 0 amide bonds. The van der Waals surface area contributed by atoms with Crippen LogP contribution in [0.1, 0.15) is 19.3 Å². The van der Waals surface area contributed by atoms with Gasteiger partial charge in [-0.1, -0.05) is 0 Å². The lowest BCUT2D eigenvalue weighted by Crippen LogP contribution is -2.06. The van der Waals surface area contributed by atoms with Crippen molar-refractivity contribution in [3.63, 3.8) is 0 Å². The van der Waals surface area contributed by atoms with E-state index in [4.69, 9.17) is 0 Å². The molecule has 0 spiro atoms. The van der Waals surface area contributed by atoms with E-state index in [0.717, 1.165) is 18.8 Å². The van der Waals surface area contributed by atoms with Crippen molar-refractivity contribution in [3.8, 4) is 0 Å². The average molecular weight is 122 g/mol. The fourth-order valence-electron chi connectivity index (χ4n) is 1.35. The highest BCUT2D eigenvalue weighted by molar-refractivity contribution is 5.61. The predicted molar refractivity (Wildman–Crippen MR) is 37.4 cm³/mol. The van der Waals surface area contributed by atoms with Gasteiger partial charge in [-0.15, -0.1) is 0 Å². The van der Waals surface area contributed by atoms with Gasteiger partial charge >= 0.3 is 0 Å². The summed E-state index contributed by atoms with van der Waals surface area (Å²) in [6.45, 7) is 1.10. The van der Waals surface area contributed by atoms with Crippen molar-refractivity contribution in [1.29, 1.82) is 0 Å². The molecule has 2 aliphatic heterocycles. The molecule has 0 fully saturated rings. The molecule has 2 nitrogen and oxygen atoms in total. The Labute approximate surface area is 54.7 Å². The van der Waals surface area contributed by atoms with Crippen LogP contribution in [-0.2, 0) is 0 Å². The summed E-state index contributed by atoms with van der Waals surface area (Å²) in [4.78, 5) is 4.23. The highest BCUT2D eigenvalue weighted by Gasteiger charge is 2.13. The lowest BCUT2D eigenvalue weighted by atomic mass is 10.1. The molecule has 0 aromatic rings. The van der Waals surface area contributed by atoms with Gasteiger partial charge in [0.2, 0.25) is 0 Å². The van der Waals surface area contributed by atoms with Gasteiger partial charge in [0, 0.05) is 12.8 Å². The first-order valence-corrected chi connectivity index (χ1v) is 3.45. The van der Waals surface area contributed by atoms with E-state index in [-0.39, 0.29) is 0 Å². The normalized spacial score (nSPS) is 24.0. The van der Waals surface area contributed by atoms with Crippen molar-refractivity contribution in [2.24, 2.45) is 4.99 Å². The fourth-order valence-corrected chi connectivity index (χ4v) is 1.35. The standard InChI is InChI=1S/C7H10N2/c1-2-6-3-5-9-7(6)8-4-1/h4,9H,1-3,5H2. The van der Waals surface area contributed by atoms with E-state index < -0.39 is 0 Å². The molecule has 0 aromatic carbocycles. The minimum atomic E-state index is 1.10. The second-order valence-corrected chi connectivity index (χ2v) is 2.48. The zero-order chi connectivity index (χ0) is 6.10. The molecule has 0 aromatic heterocycles. The number of aliphatic imine (C=N–C) groups is 1. The number of hydrogen-bond acceptors (Lipinski definition) is 2. The third-order valence-corrected chi connectivity index (χ3v) is 1.85. The molecule has 0 radical (unpaired) electrons. The Morgan fingerprint density at radius 3 is 3.33 bits per heavy atom. The molecular formula is C7H10N2. The maximum absolute atomic E-state index is 4.23. The van der Waals surface area contributed by atoms with Crippen molar-refractivity contribution in [1.82, 2.24) is 5.32 Å². The summed E-state index contributed by atoms with van der Waals surface area (Å²) >= 11 is 0. The molecule has 0 saturated carbocycles. The topological polar surface area (TPSA) is 24.4 Å². The van der Waals surface area contributed by atoms with Gasteiger partial charge in [0.15, 0.2) is 0 Å². The zero-order valence-corrected chi connectivity index (χ0v) is 5.35. The second kappa shape index (κ2) is 1.87. The molecule has 0 saturated heterocycles. The Balaban J connectivity index is 2.28. The van der Waals surface area contributed by atoms with Gasteiger partial charge in [0.25, 0.3) is 0 Å². The van der Waals surface area contributed by atoms with Crippen LogP contribution in [0.5, 0.6) is 0 Å². The lowest BCUT2D eigenvalue weighted by molar-refractivity contribution is 0.864. The van der Waals surface area contributed by atoms with Crippen LogP contribution in [0.2, 0.25) is 0 Å². The Bertz CT molecular complexity index is 179. The van der Waals surface area contributed by atoms with Crippen LogP contribution < -0.4 is 5.32 Å². The van der Waals surface area contributed by atoms with Gasteiger partial charge in [0.05, 0.1) is 0 Å². The number of nitrogens with one attached hydrogen (secondary N) is 1.